The van der Waals surface area contributed by atoms with Crippen molar-refractivity contribution in [1.82, 2.24) is 0 Å². The number of halogens is 4. The number of benzene rings is 3. The third kappa shape index (κ3) is 4.99. The van der Waals surface area contributed by atoms with Gasteiger partial charge in [-0.2, -0.15) is 0 Å². The standard InChI is InChI=1S/C24H22F4O2/c1-2-3-4-5-6-7-15-8-11-21(19(25)12-15)30-24(29)16-9-10-18-17(13-16)14-20(26)23(28)22(18)27/h8-14H,2-7H2,1H3. The molecule has 3 aromatic carbocycles. The summed E-state index contributed by atoms with van der Waals surface area (Å²) in [5, 5.41) is -0.167. The topological polar surface area (TPSA) is 26.3 Å². The molecule has 0 amide bonds. The van der Waals surface area contributed by atoms with E-state index in [1.807, 2.05) is 0 Å². The summed E-state index contributed by atoms with van der Waals surface area (Å²) in [6, 6.07) is 8.78. The van der Waals surface area contributed by atoms with Gasteiger partial charge in [0.05, 0.1) is 5.56 Å². The molecule has 0 N–H and O–H groups in total. The van der Waals surface area contributed by atoms with Gasteiger partial charge in [0, 0.05) is 5.39 Å². The fourth-order valence-electron chi connectivity index (χ4n) is 3.31. The van der Waals surface area contributed by atoms with Crippen molar-refractivity contribution in [2.45, 2.75) is 45.4 Å². The van der Waals surface area contributed by atoms with Crippen molar-refractivity contribution in [3.63, 3.8) is 0 Å². The summed E-state index contributed by atoms with van der Waals surface area (Å²) in [5.74, 6) is -6.04. The zero-order chi connectivity index (χ0) is 21.7. The number of rotatable bonds is 8. The lowest BCUT2D eigenvalue weighted by Crippen LogP contribution is -2.10. The van der Waals surface area contributed by atoms with Gasteiger partial charge < -0.3 is 4.74 Å². The average molecular weight is 418 g/mol. The Balaban J connectivity index is 1.70. The lowest BCUT2D eigenvalue weighted by molar-refractivity contribution is 0.0728. The molecule has 0 bridgehead atoms. The molecule has 0 saturated heterocycles. The normalized spacial score (nSPS) is 11.1. The van der Waals surface area contributed by atoms with Crippen LogP contribution in [0, 0.1) is 23.3 Å². The zero-order valence-corrected chi connectivity index (χ0v) is 16.6. The van der Waals surface area contributed by atoms with Crippen LogP contribution in [0.15, 0.2) is 42.5 Å². The molecule has 0 spiro atoms. The number of ether oxygens (including phenoxy) is 1. The summed E-state index contributed by atoms with van der Waals surface area (Å²) < 4.78 is 60.0. The summed E-state index contributed by atoms with van der Waals surface area (Å²) >= 11 is 0. The Kier molecular flexibility index (Phi) is 7.08. The Bertz CT molecular complexity index is 1060. The van der Waals surface area contributed by atoms with E-state index in [4.69, 9.17) is 4.74 Å². The number of unbranched alkanes of at least 4 members (excludes halogenated alkanes) is 4. The van der Waals surface area contributed by atoms with Gasteiger partial charge in [-0.15, -0.1) is 0 Å². The van der Waals surface area contributed by atoms with Crippen molar-refractivity contribution in [1.29, 1.82) is 0 Å². The fourth-order valence-corrected chi connectivity index (χ4v) is 3.31. The second-order valence-corrected chi connectivity index (χ2v) is 7.24. The van der Waals surface area contributed by atoms with Crippen LogP contribution in [0.1, 0.15) is 54.9 Å². The van der Waals surface area contributed by atoms with Gasteiger partial charge in [-0.3, -0.25) is 0 Å². The summed E-state index contributed by atoms with van der Waals surface area (Å²) in [6.45, 7) is 2.14. The number of carbonyl (C=O) groups is 1. The van der Waals surface area contributed by atoms with E-state index in [2.05, 4.69) is 6.92 Å². The van der Waals surface area contributed by atoms with Gasteiger partial charge >= 0.3 is 5.97 Å². The molecular formula is C24H22F4O2. The molecule has 0 aliphatic rings. The van der Waals surface area contributed by atoms with E-state index in [0.29, 0.717) is 0 Å². The highest BCUT2D eigenvalue weighted by Gasteiger charge is 2.17. The number of esters is 1. The Morgan fingerprint density at radius 2 is 1.60 bits per heavy atom. The van der Waals surface area contributed by atoms with Crippen molar-refractivity contribution in [3.8, 4) is 5.75 Å². The number of fused-ring (bicyclic) bond motifs is 1. The third-order valence-electron chi connectivity index (χ3n) is 4.98. The summed E-state index contributed by atoms with van der Waals surface area (Å²) in [5.41, 5.74) is 0.787. The highest BCUT2D eigenvalue weighted by atomic mass is 19.2. The van der Waals surface area contributed by atoms with Gasteiger partial charge in [-0.05, 0) is 54.1 Å². The van der Waals surface area contributed by atoms with Crippen molar-refractivity contribution < 1.29 is 27.1 Å². The van der Waals surface area contributed by atoms with E-state index >= 15 is 0 Å². The van der Waals surface area contributed by atoms with Crippen molar-refractivity contribution >= 4 is 16.7 Å². The number of aryl methyl sites for hydroxylation is 1. The van der Waals surface area contributed by atoms with Crippen LogP contribution in [0.25, 0.3) is 10.8 Å². The maximum Gasteiger partial charge on any atom is 0.343 e. The molecule has 3 rings (SSSR count). The molecule has 3 aromatic rings. The predicted octanol–water partition coefficient (Wildman–Crippen LogP) is 7.13. The van der Waals surface area contributed by atoms with Crippen LogP contribution in [-0.4, -0.2) is 5.97 Å². The van der Waals surface area contributed by atoms with E-state index in [-0.39, 0.29) is 22.1 Å². The molecule has 158 valence electrons. The van der Waals surface area contributed by atoms with Crippen LogP contribution in [0.4, 0.5) is 17.6 Å². The molecule has 0 aliphatic heterocycles. The molecule has 0 radical (unpaired) electrons. The van der Waals surface area contributed by atoms with Crippen molar-refractivity contribution in [3.05, 3.63) is 76.9 Å². The van der Waals surface area contributed by atoms with Crippen LogP contribution >= 0.6 is 0 Å². The first-order chi connectivity index (χ1) is 14.4. The van der Waals surface area contributed by atoms with Gasteiger partial charge in [0.15, 0.2) is 29.0 Å². The lowest BCUT2D eigenvalue weighted by Gasteiger charge is -2.09. The predicted molar refractivity (Wildman–Crippen MR) is 108 cm³/mol. The minimum absolute atomic E-state index is 0.000238. The maximum atomic E-state index is 14.3. The summed E-state index contributed by atoms with van der Waals surface area (Å²) in [7, 11) is 0. The summed E-state index contributed by atoms with van der Waals surface area (Å²) in [4.78, 5) is 12.4. The van der Waals surface area contributed by atoms with Crippen LogP contribution in [-0.2, 0) is 6.42 Å². The van der Waals surface area contributed by atoms with E-state index in [1.165, 1.54) is 30.7 Å². The molecule has 0 atom stereocenters. The molecule has 0 fully saturated rings. The molecule has 6 heteroatoms. The Hall–Kier alpha value is -2.89. The third-order valence-corrected chi connectivity index (χ3v) is 4.98. The Morgan fingerprint density at radius 1 is 0.833 bits per heavy atom. The monoisotopic (exact) mass is 418 g/mol. The van der Waals surface area contributed by atoms with Gasteiger partial charge in [0.2, 0.25) is 0 Å². The van der Waals surface area contributed by atoms with E-state index in [1.54, 1.807) is 6.07 Å². The molecule has 0 heterocycles. The molecular weight excluding hydrogens is 396 g/mol. The summed E-state index contributed by atoms with van der Waals surface area (Å²) in [6.07, 6.45) is 6.29. The van der Waals surface area contributed by atoms with Crippen LogP contribution in [0.3, 0.4) is 0 Å². The number of hydrogen-bond acceptors (Lipinski definition) is 2. The Labute approximate surface area is 172 Å². The molecule has 0 aromatic heterocycles. The minimum atomic E-state index is -1.58. The first-order valence-electron chi connectivity index (χ1n) is 9.98. The van der Waals surface area contributed by atoms with Crippen LogP contribution < -0.4 is 4.74 Å². The molecule has 0 unspecified atom stereocenters. The fraction of sp³-hybridized carbons (Fsp3) is 0.292. The second kappa shape index (κ2) is 9.74. The highest BCUT2D eigenvalue weighted by Crippen LogP contribution is 2.26. The van der Waals surface area contributed by atoms with Crippen LogP contribution in [0.5, 0.6) is 5.75 Å². The second-order valence-electron chi connectivity index (χ2n) is 7.24. The van der Waals surface area contributed by atoms with E-state index in [9.17, 15) is 22.4 Å². The Morgan fingerprint density at radius 3 is 2.33 bits per heavy atom. The van der Waals surface area contributed by atoms with Gasteiger partial charge in [-0.1, -0.05) is 44.7 Å². The van der Waals surface area contributed by atoms with Gasteiger partial charge in [-0.25, -0.2) is 22.4 Å². The first-order valence-corrected chi connectivity index (χ1v) is 9.98. The molecule has 0 saturated carbocycles. The average Bonchev–Trinajstić information content (AvgIpc) is 2.73. The lowest BCUT2D eigenvalue weighted by atomic mass is 10.1. The maximum absolute atomic E-state index is 14.3. The quantitative estimate of drug-likeness (QED) is 0.128. The number of carbonyl (C=O) groups excluding carboxylic acids is 1. The SMILES string of the molecule is CCCCCCCc1ccc(OC(=O)c2ccc3c(F)c(F)c(F)cc3c2)c(F)c1. The van der Waals surface area contributed by atoms with Gasteiger partial charge in [0.25, 0.3) is 0 Å². The smallest absolute Gasteiger partial charge is 0.343 e. The zero-order valence-electron chi connectivity index (χ0n) is 16.6. The number of hydrogen-bond donors (Lipinski definition) is 0. The molecule has 2 nitrogen and oxygen atoms in total. The minimum Gasteiger partial charge on any atom is -0.420 e. The van der Waals surface area contributed by atoms with Crippen molar-refractivity contribution in [2.24, 2.45) is 0 Å². The highest BCUT2D eigenvalue weighted by molar-refractivity contribution is 5.96. The molecule has 30 heavy (non-hydrogen) atoms. The largest absolute Gasteiger partial charge is 0.420 e. The van der Waals surface area contributed by atoms with E-state index in [0.717, 1.165) is 49.8 Å². The van der Waals surface area contributed by atoms with Crippen molar-refractivity contribution in [2.75, 3.05) is 0 Å². The van der Waals surface area contributed by atoms with E-state index < -0.39 is 29.2 Å². The van der Waals surface area contributed by atoms with Crippen LogP contribution in [0.2, 0.25) is 0 Å². The molecule has 0 aliphatic carbocycles. The first kappa shape index (κ1) is 21.8. The van der Waals surface area contributed by atoms with Gasteiger partial charge in [0.1, 0.15) is 0 Å².